The molecule has 2 fully saturated rings. The lowest BCUT2D eigenvalue weighted by Crippen LogP contribution is -2.46. The maximum Gasteiger partial charge on any atom is 0.225 e. The fraction of sp³-hybridized carbons (Fsp3) is 0.500. The van der Waals surface area contributed by atoms with Gasteiger partial charge in [0.15, 0.2) is 0 Å². The lowest BCUT2D eigenvalue weighted by molar-refractivity contribution is -0.132. The number of hydrogen-bond donors (Lipinski definition) is 0. The quantitative estimate of drug-likeness (QED) is 0.834. The third-order valence-corrected chi connectivity index (χ3v) is 6.03. The molecule has 0 radical (unpaired) electrons. The molecule has 4 rings (SSSR count). The van der Waals surface area contributed by atoms with Gasteiger partial charge >= 0.3 is 0 Å². The molecule has 1 aromatic heterocycles. The van der Waals surface area contributed by atoms with E-state index in [0.29, 0.717) is 12.3 Å². The third kappa shape index (κ3) is 3.68. The van der Waals surface area contributed by atoms with Crippen LogP contribution in [0.25, 0.3) is 0 Å². The number of carbonyl (C=O) groups is 1. The summed E-state index contributed by atoms with van der Waals surface area (Å²) in [5.41, 5.74) is 3.22. The van der Waals surface area contributed by atoms with Gasteiger partial charge in [0.25, 0.3) is 0 Å². The lowest BCUT2D eigenvalue weighted by atomic mass is 9.87. The average molecular weight is 364 g/mol. The van der Waals surface area contributed by atoms with E-state index in [1.54, 1.807) is 0 Å². The lowest BCUT2D eigenvalue weighted by Gasteiger charge is -2.38. The Balaban J connectivity index is 1.54. The van der Waals surface area contributed by atoms with Crippen LogP contribution in [0, 0.1) is 13.8 Å². The molecule has 3 heterocycles. The molecule has 0 N–H and O–H groups in total. The zero-order valence-electron chi connectivity index (χ0n) is 16.3. The van der Waals surface area contributed by atoms with Crippen LogP contribution in [0.2, 0.25) is 0 Å². The Hall–Kier alpha value is -2.43. The van der Waals surface area contributed by atoms with Crippen molar-refractivity contribution in [3.8, 4) is 0 Å². The fourth-order valence-corrected chi connectivity index (χ4v) is 4.64. The molecule has 1 atom stereocenters. The monoisotopic (exact) mass is 364 g/mol. The van der Waals surface area contributed by atoms with Crippen molar-refractivity contribution in [1.29, 1.82) is 0 Å². The highest BCUT2D eigenvalue weighted by Gasteiger charge is 2.45. The number of carbonyl (C=O) groups excluding carboxylic acids is 1. The Labute approximate surface area is 161 Å². The van der Waals surface area contributed by atoms with E-state index in [-0.39, 0.29) is 5.54 Å². The highest BCUT2D eigenvalue weighted by molar-refractivity contribution is 5.79. The first kappa shape index (κ1) is 18.0. The molecule has 2 aromatic rings. The van der Waals surface area contributed by atoms with Crippen LogP contribution in [0.15, 0.2) is 36.4 Å². The van der Waals surface area contributed by atoms with Gasteiger partial charge in [-0.15, -0.1) is 0 Å². The molecule has 0 aliphatic carbocycles. The van der Waals surface area contributed by atoms with E-state index in [1.165, 1.54) is 5.56 Å². The van der Waals surface area contributed by atoms with Gasteiger partial charge in [0.2, 0.25) is 11.9 Å². The molecule has 1 aromatic carbocycles. The van der Waals surface area contributed by atoms with Crippen molar-refractivity contribution in [1.82, 2.24) is 14.9 Å². The van der Waals surface area contributed by atoms with Crippen molar-refractivity contribution in [2.45, 2.75) is 58.0 Å². The molecule has 142 valence electrons. The summed E-state index contributed by atoms with van der Waals surface area (Å²) in [7, 11) is 0. The summed E-state index contributed by atoms with van der Waals surface area (Å²) in [5, 5.41) is 0. The van der Waals surface area contributed by atoms with Crippen LogP contribution in [-0.4, -0.2) is 39.4 Å². The van der Waals surface area contributed by atoms with Gasteiger partial charge in [-0.05, 0) is 51.2 Å². The summed E-state index contributed by atoms with van der Waals surface area (Å²) in [6.07, 6.45) is 4.76. The number of benzene rings is 1. The summed E-state index contributed by atoms with van der Waals surface area (Å²) in [6.45, 7) is 6.63. The van der Waals surface area contributed by atoms with Gasteiger partial charge in [-0.2, -0.15) is 0 Å². The first-order valence-electron chi connectivity index (χ1n) is 9.97. The van der Waals surface area contributed by atoms with Gasteiger partial charge in [-0.1, -0.05) is 30.3 Å². The van der Waals surface area contributed by atoms with Crippen molar-refractivity contribution in [3.63, 3.8) is 0 Å². The van der Waals surface area contributed by atoms with Crippen LogP contribution in [0.1, 0.15) is 49.1 Å². The number of aromatic nitrogens is 2. The molecule has 2 aliphatic heterocycles. The third-order valence-electron chi connectivity index (χ3n) is 6.03. The molecule has 5 nitrogen and oxygen atoms in total. The molecule has 2 saturated heterocycles. The molecular weight excluding hydrogens is 336 g/mol. The second-order valence-electron chi connectivity index (χ2n) is 7.98. The van der Waals surface area contributed by atoms with Crippen LogP contribution in [0.4, 0.5) is 5.95 Å². The van der Waals surface area contributed by atoms with E-state index in [0.717, 1.165) is 62.7 Å². The highest BCUT2D eigenvalue weighted by atomic mass is 16.2. The normalized spacial score (nSPS) is 23.1. The van der Waals surface area contributed by atoms with Gasteiger partial charge < -0.3 is 9.80 Å². The predicted octanol–water partition coefficient (Wildman–Crippen LogP) is 3.65. The molecular formula is C22H28N4O. The number of hydrogen-bond acceptors (Lipinski definition) is 4. The number of aryl methyl sites for hydroxylation is 2. The number of amides is 1. The Morgan fingerprint density at radius 3 is 2.48 bits per heavy atom. The standard InChI is InChI=1S/C22H28N4O/c1-17-15-18(2)24-21(23-17)25-13-6-10-22(12-14-25)11-9-20(27)26(22)16-19-7-4-3-5-8-19/h3-5,7-8,15H,6,9-14,16H2,1-2H3/t22-/m1/s1. The number of likely N-dealkylation sites (tertiary alicyclic amines) is 1. The van der Waals surface area contributed by atoms with E-state index >= 15 is 0 Å². The summed E-state index contributed by atoms with van der Waals surface area (Å²) in [4.78, 5) is 26.5. The Kier molecular flexibility index (Phi) is 4.85. The first-order valence-corrected chi connectivity index (χ1v) is 9.97. The smallest absolute Gasteiger partial charge is 0.225 e. The highest BCUT2D eigenvalue weighted by Crippen LogP contribution is 2.40. The second-order valence-corrected chi connectivity index (χ2v) is 7.98. The first-order chi connectivity index (χ1) is 13.1. The van der Waals surface area contributed by atoms with E-state index in [1.807, 2.05) is 26.0 Å². The van der Waals surface area contributed by atoms with Crippen LogP contribution >= 0.6 is 0 Å². The zero-order chi connectivity index (χ0) is 18.9. The van der Waals surface area contributed by atoms with E-state index < -0.39 is 0 Å². The van der Waals surface area contributed by atoms with E-state index in [4.69, 9.17) is 0 Å². The Morgan fingerprint density at radius 1 is 1.00 bits per heavy atom. The van der Waals surface area contributed by atoms with Gasteiger partial charge in [0.05, 0.1) is 0 Å². The molecule has 1 amide bonds. The number of anilines is 1. The number of nitrogens with zero attached hydrogens (tertiary/aromatic N) is 4. The zero-order valence-corrected chi connectivity index (χ0v) is 16.3. The van der Waals surface area contributed by atoms with E-state index in [9.17, 15) is 4.79 Å². The van der Waals surface area contributed by atoms with Gasteiger partial charge in [-0.3, -0.25) is 4.79 Å². The fourth-order valence-electron chi connectivity index (χ4n) is 4.64. The maximum atomic E-state index is 12.7. The summed E-state index contributed by atoms with van der Waals surface area (Å²) < 4.78 is 0. The Morgan fingerprint density at radius 2 is 1.74 bits per heavy atom. The second kappa shape index (κ2) is 7.29. The van der Waals surface area contributed by atoms with Gasteiger partial charge in [0.1, 0.15) is 0 Å². The summed E-state index contributed by atoms with van der Waals surface area (Å²) in [6, 6.07) is 12.4. The van der Waals surface area contributed by atoms with Gasteiger partial charge in [-0.25, -0.2) is 9.97 Å². The van der Waals surface area contributed by atoms with E-state index in [2.05, 4.69) is 44.0 Å². The van der Waals surface area contributed by atoms with Crippen LogP contribution in [0.5, 0.6) is 0 Å². The van der Waals surface area contributed by atoms with Crippen LogP contribution < -0.4 is 4.90 Å². The maximum absolute atomic E-state index is 12.7. The molecule has 0 unspecified atom stereocenters. The minimum absolute atomic E-state index is 0.0133. The minimum Gasteiger partial charge on any atom is -0.341 e. The van der Waals surface area contributed by atoms with Crippen molar-refractivity contribution in [3.05, 3.63) is 53.3 Å². The average Bonchev–Trinajstić information content (AvgIpc) is 2.82. The molecule has 0 saturated carbocycles. The largest absolute Gasteiger partial charge is 0.341 e. The SMILES string of the molecule is Cc1cc(C)nc(N2CCC[C@@]3(CCC(=O)N3Cc3ccccc3)CC2)n1. The molecule has 2 aliphatic rings. The topological polar surface area (TPSA) is 49.3 Å². The molecule has 5 heteroatoms. The predicted molar refractivity (Wildman–Crippen MR) is 107 cm³/mol. The summed E-state index contributed by atoms with van der Waals surface area (Å²) in [5.74, 6) is 1.14. The molecule has 0 bridgehead atoms. The molecule has 1 spiro atoms. The minimum atomic E-state index is -0.0133. The van der Waals surface area contributed by atoms with Crippen LogP contribution in [-0.2, 0) is 11.3 Å². The van der Waals surface area contributed by atoms with Crippen LogP contribution in [0.3, 0.4) is 0 Å². The summed E-state index contributed by atoms with van der Waals surface area (Å²) >= 11 is 0. The van der Waals surface area contributed by atoms with Crippen molar-refractivity contribution < 1.29 is 4.79 Å². The van der Waals surface area contributed by atoms with Crippen molar-refractivity contribution >= 4 is 11.9 Å². The number of rotatable bonds is 3. The molecule has 27 heavy (non-hydrogen) atoms. The van der Waals surface area contributed by atoms with Crippen molar-refractivity contribution in [2.75, 3.05) is 18.0 Å². The van der Waals surface area contributed by atoms with Crippen molar-refractivity contribution in [2.24, 2.45) is 0 Å². The van der Waals surface area contributed by atoms with Gasteiger partial charge in [0, 0.05) is 43.0 Å². The Bertz CT molecular complexity index is 802.